The van der Waals surface area contributed by atoms with Gasteiger partial charge in [-0.15, -0.1) is 11.3 Å². The molecule has 3 heterocycles. The number of benzene rings is 1. The molecule has 0 spiro atoms. The van der Waals surface area contributed by atoms with Crippen molar-refractivity contribution in [3.8, 4) is 11.4 Å². The van der Waals surface area contributed by atoms with Gasteiger partial charge in [-0.05, 0) is 68.9 Å². The van der Waals surface area contributed by atoms with E-state index in [-0.39, 0.29) is 16.7 Å². The van der Waals surface area contributed by atoms with E-state index in [1.165, 1.54) is 22.2 Å². The lowest BCUT2D eigenvalue weighted by Crippen LogP contribution is -2.31. The molecular weight excluding hydrogens is 430 g/mol. The molecule has 1 saturated heterocycles. The molecule has 1 amide bonds. The topological polar surface area (TPSA) is 73.2 Å². The van der Waals surface area contributed by atoms with E-state index in [4.69, 9.17) is 9.72 Å². The van der Waals surface area contributed by atoms with Crippen molar-refractivity contribution >= 4 is 39.2 Å². The van der Waals surface area contributed by atoms with Crippen LogP contribution in [-0.2, 0) is 17.6 Å². The first kappa shape index (κ1) is 20.6. The Kier molecular flexibility index (Phi) is 5.75. The van der Waals surface area contributed by atoms with Crippen LogP contribution in [0.15, 0.2) is 34.2 Å². The van der Waals surface area contributed by atoms with E-state index < -0.39 is 0 Å². The maximum Gasteiger partial charge on any atom is 0.267 e. The molecule has 1 fully saturated rings. The van der Waals surface area contributed by atoms with E-state index in [0.717, 1.165) is 60.2 Å². The summed E-state index contributed by atoms with van der Waals surface area (Å²) in [4.78, 5) is 33.4. The standard InChI is InChI=1S/C23H25N3O3S2/c1-2-29-15-11-9-14(10-12-15)26-22(28)19-16-6-5-8-17(16)30-21(19)25-23(26)31-18-7-3-4-13-24-20(18)27/h9-12,18H,2-8,13H2,1H3,(H,24,27). The summed E-state index contributed by atoms with van der Waals surface area (Å²) in [5, 5.41) is 4.08. The molecule has 2 aliphatic rings. The number of carbonyl (C=O) groups excluding carboxylic acids is 1. The molecule has 1 aromatic carbocycles. The molecule has 1 aliphatic carbocycles. The summed E-state index contributed by atoms with van der Waals surface area (Å²) in [5.74, 6) is 0.797. The van der Waals surface area contributed by atoms with Crippen molar-refractivity contribution in [3.05, 3.63) is 45.1 Å². The number of nitrogens with one attached hydrogen (secondary N) is 1. The van der Waals surface area contributed by atoms with E-state index in [1.54, 1.807) is 15.9 Å². The molecule has 5 rings (SSSR count). The quantitative estimate of drug-likeness (QED) is 0.587. The highest BCUT2D eigenvalue weighted by atomic mass is 32.2. The molecule has 6 nitrogen and oxygen atoms in total. The summed E-state index contributed by atoms with van der Waals surface area (Å²) >= 11 is 3.04. The number of nitrogens with zero attached hydrogens (tertiary/aromatic N) is 2. The highest BCUT2D eigenvalue weighted by Crippen LogP contribution is 2.37. The second kappa shape index (κ2) is 8.67. The normalized spacial score (nSPS) is 18.6. The molecule has 1 aliphatic heterocycles. The highest BCUT2D eigenvalue weighted by molar-refractivity contribution is 8.00. The largest absolute Gasteiger partial charge is 0.494 e. The van der Waals surface area contributed by atoms with Crippen molar-refractivity contribution in [1.82, 2.24) is 14.9 Å². The molecule has 1 unspecified atom stereocenters. The minimum atomic E-state index is -0.243. The maximum atomic E-state index is 13.8. The molecule has 8 heteroatoms. The predicted molar refractivity (Wildman–Crippen MR) is 125 cm³/mol. The molecular formula is C23H25N3O3S2. The number of fused-ring (bicyclic) bond motifs is 3. The third-order valence-corrected chi connectivity index (χ3v) is 8.25. The molecule has 31 heavy (non-hydrogen) atoms. The number of carbonyl (C=O) groups is 1. The third kappa shape index (κ3) is 3.87. The summed E-state index contributed by atoms with van der Waals surface area (Å²) in [6, 6.07) is 7.54. The second-order valence-electron chi connectivity index (χ2n) is 7.89. The van der Waals surface area contributed by atoms with Crippen LogP contribution in [0.25, 0.3) is 15.9 Å². The Balaban J connectivity index is 1.64. The zero-order valence-electron chi connectivity index (χ0n) is 17.5. The minimum Gasteiger partial charge on any atom is -0.494 e. The zero-order valence-corrected chi connectivity index (χ0v) is 19.1. The van der Waals surface area contributed by atoms with Gasteiger partial charge < -0.3 is 10.1 Å². The minimum absolute atomic E-state index is 0.0313. The average Bonchev–Trinajstić information content (AvgIpc) is 3.28. The first-order valence-electron chi connectivity index (χ1n) is 10.9. The molecule has 1 atom stereocenters. The van der Waals surface area contributed by atoms with Crippen molar-refractivity contribution in [1.29, 1.82) is 0 Å². The SMILES string of the molecule is CCOc1ccc(-n2c(SC3CCCCNC3=O)nc3sc4c(c3c2=O)CCC4)cc1. The van der Waals surface area contributed by atoms with Crippen LogP contribution in [0.3, 0.4) is 0 Å². The summed E-state index contributed by atoms with van der Waals surface area (Å²) in [5.41, 5.74) is 1.88. The molecule has 0 radical (unpaired) electrons. The number of amides is 1. The van der Waals surface area contributed by atoms with E-state index in [2.05, 4.69) is 5.32 Å². The lowest BCUT2D eigenvalue weighted by molar-refractivity contribution is -0.120. The Bertz CT molecular complexity index is 1180. The Labute approximate surface area is 189 Å². The monoisotopic (exact) mass is 455 g/mol. The molecule has 0 saturated carbocycles. The van der Waals surface area contributed by atoms with E-state index in [9.17, 15) is 9.59 Å². The van der Waals surface area contributed by atoms with Crippen molar-refractivity contribution in [2.24, 2.45) is 0 Å². The van der Waals surface area contributed by atoms with E-state index in [1.807, 2.05) is 31.2 Å². The third-order valence-electron chi connectivity index (χ3n) is 5.85. The van der Waals surface area contributed by atoms with Crippen LogP contribution in [0.2, 0.25) is 0 Å². The number of aryl methyl sites for hydroxylation is 2. The van der Waals surface area contributed by atoms with Gasteiger partial charge in [0.25, 0.3) is 5.56 Å². The van der Waals surface area contributed by atoms with Crippen LogP contribution in [0.5, 0.6) is 5.75 Å². The van der Waals surface area contributed by atoms with Crippen molar-refractivity contribution in [2.45, 2.75) is 55.9 Å². The second-order valence-corrected chi connectivity index (χ2v) is 10.1. The van der Waals surface area contributed by atoms with Gasteiger partial charge >= 0.3 is 0 Å². The van der Waals surface area contributed by atoms with Gasteiger partial charge in [-0.2, -0.15) is 0 Å². The number of thioether (sulfide) groups is 1. The zero-order chi connectivity index (χ0) is 21.4. The highest BCUT2D eigenvalue weighted by Gasteiger charge is 2.28. The van der Waals surface area contributed by atoms with Gasteiger partial charge in [0.1, 0.15) is 10.6 Å². The molecule has 2 aromatic heterocycles. The molecule has 162 valence electrons. The Morgan fingerprint density at radius 3 is 2.84 bits per heavy atom. The smallest absolute Gasteiger partial charge is 0.267 e. The van der Waals surface area contributed by atoms with Crippen molar-refractivity contribution < 1.29 is 9.53 Å². The Hall–Kier alpha value is -2.32. The lowest BCUT2D eigenvalue weighted by atomic mass is 10.2. The fraction of sp³-hybridized carbons (Fsp3) is 0.435. The van der Waals surface area contributed by atoms with Gasteiger partial charge in [-0.3, -0.25) is 14.2 Å². The number of aromatic nitrogens is 2. The van der Waals surface area contributed by atoms with Crippen LogP contribution in [-0.4, -0.2) is 33.9 Å². The van der Waals surface area contributed by atoms with Crippen LogP contribution >= 0.6 is 23.1 Å². The summed E-state index contributed by atoms with van der Waals surface area (Å²) < 4.78 is 7.25. The predicted octanol–water partition coefficient (Wildman–Crippen LogP) is 4.10. The van der Waals surface area contributed by atoms with Crippen LogP contribution < -0.4 is 15.6 Å². The van der Waals surface area contributed by atoms with Crippen LogP contribution in [0.1, 0.15) is 43.0 Å². The first-order chi connectivity index (χ1) is 15.2. The average molecular weight is 456 g/mol. The fourth-order valence-corrected chi connectivity index (χ4v) is 6.82. The van der Waals surface area contributed by atoms with E-state index >= 15 is 0 Å². The van der Waals surface area contributed by atoms with Gasteiger partial charge in [0.15, 0.2) is 5.16 Å². The van der Waals surface area contributed by atoms with Crippen molar-refractivity contribution in [2.75, 3.05) is 13.2 Å². The van der Waals surface area contributed by atoms with Crippen molar-refractivity contribution in [3.63, 3.8) is 0 Å². The fourth-order valence-electron chi connectivity index (χ4n) is 4.34. The van der Waals surface area contributed by atoms with Crippen LogP contribution in [0.4, 0.5) is 0 Å². The number of hydrogen-bond donors (Lipinski definition) is 1. The summed E-state index contributed by atoms with van der Waals surface area (Å²) in [6.45, 7) is 3.25. The Morgan fingerprint density at radius 2 is 2.03 bits per heavy atom. The number of ether oxygens (including phenoxy) is 1. The summed E-state index contributed by atoms with van der Waals surface area (Å²) in [6.07, 6.45) is 5.81. The lowest BCUT2D eigenvalue weighted by Gasteiger charge is -2.17. The van der Waals surface area contributed by atoms with Gasteiger partial charge in [-0.25, -0.2) is 4.98 Å². The van der Waals surface area contributed by atoms with E-state index in [0.29, 0.717) is 18.3 Å². The Morgan fingerprint density at radius 1 is 1.19 bits per heavy atom. The summed E-state index contributed by atoms with van der Waals surface area (Å²) in [7, 11) is 0. The van der Waals surface area contributed by atoms with Gasteiger partial charge in [0.2, 0.25) is 5.91 Å². The van der Waals surface area contributed by atoms with Gasteiger partial charge in [-0.1, -0.05) is 18.2 Å². The van der Waals surface area contributed by atoms with Gasteiger partial charge in [0, 0.05) is 11.4 Å². The first-order valence-corrected chi connectivity index (χ1v) is 12.6. The maximum absolute atomic E-state index is 13.8. The molecule has 3 aromatic rings. The number of thiophene rings is 1. The molecule has 1 N–H and O–H groups in total. The number of hydrogen-bond acceptors (Lipinski definition) is 6. The molecule has 0 bridgehead atoms. The van der Waals surface area contributed by atoms with Crippen LogP contribution in [0, 0.1) is 0 Å². The number of rotatable bonds is 5. The van der Waals surface area contributed by atoms with Gasteiger partial charge in [0.05, 0.1) is 22.9 Å².